The molecular weight excluding hydrogens is 1600 g/mol. The second kappa shape index (κ2) is 33.3. The molecule has 0 spiro atoms. The highest BCUT2D eigenvalue weighted by Crippen LogP contribution is 2.60. The molecule has 14 aromatic carbocycles. The Morgan fingerprint density at radius 3 is 0.810 bits per heavy atom. The van der Waals surface area contributed by atoms with Crippen molar-refractivity contribution in [1.29, 1.82) is 0 Å². The number of pyridine rings is 6. The minimum absolute atomic E-state index is 0.378. The highest BCUT2D eigenvalue weighted by atomic mass is 79.9. The molecule has 0 N–H and O–H groups in total. The van der Waals surface area contributed by atoms with Gasteiger partial charge < -0.3 is 9.31 Å². The fourth-order valence-corrected chi connectivity index (χ4v) is 18.3. The van der Waals surface area contributed by atoms with Gasteiger partial charge in [0.05, 0.1) is 56.8 Å². The maximum atomic E-state index is 6.37. The lowest BCUT2D eigenvalue weighted by atomic mass is 9.77. The van der Waals surface area contributed by atoms with Gasteiger partial charge in [-0.15, -0.1) is 0 Å². The second-order valence-electron chi connectivity index (χ2n) is 33.1. The van der Waals surface area contributed by atoms with E-state index >= 15 is 0 Å². The molecule has 20 aromatic rings. The van der Waals surface area contributed by atoms with Gasteiger partial charge in [-0.2, -0.15) is 0 Å². The van der Waals surface area contributed by atoms with Gasteiger partial charge in [0.1, 0.15) is 0 Å². The van der Waals surface area contributed by atoms with Crippen molar-refractivity contribution in [2.45, 2.75) is 38.9 Å². The molecular formula is C116H82BBrN6O2. The van der Waals surface area contributed by atoms with E-state index in [-0.39, 0.29) is 18.3 Å². The number of rotatable bonds is 14. The summed E-state index contributed by atoms with van der Waals surface area (Å²) < 4.78 is 13.8. The van der Waals surface area contributed by atoms with Crippen LogP contribution in [0.4, 0.5) is 0 Å². The number of aromatic nitrogens is 6. The predicted molar refractivity (Wildman–Crippen MR) is 524 cm³/mol. The zero-order chi connectivity index (χ0) is 84.8. The van der Waals surface area contributed by atoms with E-state index in [1.54, 1.807) is 24.8 Å². The molecule has 0 saturated carbocycles. The van der Waals surface area contributed by atoms with Crippen LogP contribution in [0.15, 0.2) is 430 Å². The van der Waals surface area contributed by atoms with Crippen LogP contribution >= 0.6 is 15.9 Å². The lowest BCUT2D eigenvalue weighted by molar-refractivity contribution is 0.00578. The largest absolute Gasteiger partial charge is 0.494 e. The molecule has 0 unspecified atom stereocenters. The third kappa shape index (κ3) is 14.9. The van der Waals surface area contributed by atoms with E-state index in [0.29, 0.717) is 0 Å². The normalized spacial score (nSPS) is 12.8. The maximum absolute atomic E-state index is 6.37. The third-order valence-electron chi connectivity index (χ3n) is 24.9. The molecule has 126 heavy (non-hydrogen) atoms. The Bertz CT molecular complexity index is 7300. The third-order valence-corrected chi connectivity index (χ3v) is 25.4. The zero-order valence-corrected chi connectivity index (χ0v) is 71.5. The van der Waals surface area contributed by atoms with Crippen molar-refractivity contribution in [2.24, 2.45) is 0 Å². The number of nitrogens with zero attached hydrogens (tertiary/aromatic N) is 6. The van der Waals surface area contributed by atoms with Gasteiger partial charge in [-0.1, -0.05) is 319 Å². The number of fused-ring (bicyclic) bond motifs is 6. The number of benzene rings is 14. The summed E-state index contributed by atoms with van der Waals surface area (Å²) in [6.07, 6.45) is 7.17. The molecule has 6 aromatic heterocycles. The van der Waals surface area contributed by atoms with E-state index in [2.05, 4.69) is 379 Å². The molecule has 23 rings (SSSR count). The van der Waals surface area contributed by atoms with E-state index < -0.39 is 0 Å². The van der Waals surface area contributed by atoms with Crippen LogP contribution in [0.2, 0.25) is 0 Å². The molecule has 8 nitrogen and oxygen atoms in total. The van der Waals surface area contributed by atoms with Crippen LogP contribution in [0.25, 0.3) is 212 Å². The van der Waals surface area contributed by atoms with Gasteiger partial charge in [-0.3, -0.25) is 19.9 Å². The Kier molecular flexibility index (Phi) is 20.7. The summed E-state index contributed by atoms with van der Waals surface area (Å²) in [7, 11) is -0.389. The average molecular weight is 1680 g/mol. The van der Waals surface area contributed by atoms with E-state index in [4.69, 9.17) is 19.3 Å². The molecule has 1 saturated heterocycles. The van der Waals surface area contributed by atoms with Gasteiger partial charge in [0.2, 0.25) is 0 Å². The zero-order valence-electron chi connectivity index (χ0n) is 69.9. The molecule has 1 aliphatic heterocycles. The van der Waals surface area contributed by atoms with Crippen LogP contribution in [0, 0.1) is 0 Å². The standard InChI is InChI=1S/C55H35N3.C40H33BO2.C21H14BrN3/c1-3-13-39(14-4-1)47-35-46(53(42-15-5-2-6-16-42)55-45-20-12-18-41-17-11-19-44(52(41)45)54(47)55)40-29-27-37(28-30-40)36-23-25-38(26-24-36)43-33-50(48-21-7-9-31-56-48)58-51(34-43)49-22-8-10-32-57-49;1-39(2)40(3,4)43-41(42-39)30-23-21-27(22-24-30)33-25-34(26-13-7-5-8-14-26)37-31-19-11-17-28-18-12-20-32(35(28)31)38(37)36(33)29-15-9-6-10-16-29;22-17-9-7-15(8-10-17)16-13-20(18-5-1-3-11-23-18)25-21(14-16)19-6-2-4-12-24-19/h1-35H;5-25H,1-4H3;1-14H. The maximum Gasteiger partial charge on any atom is 0.494 e. The van der Waals surface area contributed by atoms with Crippen LogP contribution < -0.4 is 5.46 Å². The Labute approximate surface area is 742 Å². The topological polar surface area (TPSA) is 95.8 Å². The van der Waals surface area contributed by atoms with Crippen LogP contribution in [0.3, 0.4) is 0 Å². The predicted octanol–water partition coefficient (Wildman–Crippen LogP) is 29.8. The van der Waals surface area contributed by atoms with Gasteiger partial charge >= 0.3 is 7.12 Å². The van der Waals surface area contributed by atoms with Crippen LogP contribution in [0.1, 0.15) is 27.7 Å². The Morgan fingerprint density at radius 2 is 0.484 bits per heavy atom. The molecule has 0 amide bonds. The first-order valence-corrected chi connectivity index (χ1v) is 43.5. The highest BCUT2D eigenvalue weighted by molar-refractivity contribution is 9.10. The average Bonchev–Trinajstić information content (AvgIpc) is 1.55. The van der Waals surface area contributed by atoms with Crippen molar-refractivity contribution in [3.8, 4) is 190 Å². The summed E-state index contributed by atoms with van der Waals surface area (Å²) in [5.74, 6) is 0. The fourth-order valence-electron chi connectivity index (χ4n) is 18.1. The quantitative estimate of drug-likeness (QED) is 0.0994. The molecule has 10 heteroatoms. The van der Waals surface area contributed by atoms with E-state index in [0.717, 1.165) is 88.9 Å². The minimum Gasteiger partial charge on any atom is -0.399 e. The van der Waals surface area contributed by atoms with E-state index in [9.17, 15) is 0 Å². The van der Waals surface area contributed by atoms with Crippen molar-refractivity contribution in [3.63, 3.8) is 0 Å². The molecule has 598 valence electrons. The summed E-state index contributed by atoms with van der Waals surface area (Å²) in [5.41, 5.74) is 38.8. The monoisotopic (exact) mass is 1680 g/mol. The van der Waals surface area contributed by atoms with Gasteiger partial charge in [0.25, 0.3) is 0 Å². The number of hydrogen-bond donors (Lipinski definition) is 0. The first-order valence-electron chi connectivity index (χ1n) is 42.7. The fraction of sp³-hybridized carbons (Fsp3) is 0.0517. The summed E-state index contributed by atoms with van der Waals surface area (Å²) in [6, 6.07) is 142. The number of hydrogen-bond acceptors (Lipinski definition) is 8. The van der Waals surface area contributed by atoms with Crippen LogP contribution in [-0.4, -0.2) is 48.2 Å². The lowest BCUT2D eigenvalue weighted by Crippen LogP contribution is -2.41. The first kappa shape index (κ1) is 78.2. The molecule has 0 radical (unpaired) electrons. The molecule has 0 atom stereocenters. The molecule has 3 aliphatic rings. The lowest BCUT2D eigenvalue weighted by Gasteiger charge is -2.32. The summed E-state index contributed by atoms with van der Waals surface area (Å²) in [4.78, 5) is 27.8. The molecule has 1 fully saturated rings. The van der Waals surface area contributed by atoms with Gasteiger partial charge in [-0.25, -0.2) is 9.97 Å². The minimum atomic E-state index is -0.389. The summed E-state index contributed by atoms with van der Waals surface area (Å²) in [5, 5.41) is 5.21. The van der Waals surface area contributed by atoms with Crippen molar-refractivity contribution >= 4 is 50.1 Å². The first-order chi connectivity index (χ1) is 61.9. The number of halogens is 1. The molecule has 0 bridgehead atoms. The van der Waals surface area contributed by atoms with E-state index in [1.165, 1.54) is 133 Å². The van der Waals surface area contributed by atoms with Crippen molar-refractivity contribution in [3.05, 3.63) is 430 Å². The van der Waals surface area contributed by atoms with Crippen molar-refractivity contribution in [1.82, 2.24) is 29.9 Å². The summed E-state index contributed by atoms with van der Waals surface area (Å²) >= 11 is 3.49. The highest BCUT2D eigenvalue weighted by Gasteiger charge is 2.52. The SMILES string of the molecule is Brc1ccc(-c2cc(-c3ccccn3)nc(-c3ccccn3)c2)cc1.CC1(C)OB(c2ccc(-c3cc(-c4ccccc4)c4c(c3-c3ccccc3)-c3cccc5cccc-4c35)cc2)OC1(C)C.c1ccc(-c2cc(-c3ccc(-c4ccc(-c5cc(-c6ccccn6)nc(-c6ccccn6)c5)cc4)cc3)c(-c3ccccc3)c3c2-c2cccc4cccc-3c24)cc1. The smallest absolute Gasteiger partial charge is 0.399 e. The van der Waals surface area contributed by atoms with Crippen molar-refractivity contribution < 1.29 is 9.31 Å². The Hall–Kier alpha value is -15.0. The Morgan fingerprint density at radius 1 is 0.214 bits per heavy atom. The van der Waals surface area contributed by atoms with Gasteiger partial charge in [0.15, 0.2) is 0 Å². The molecule has 7 heterocycles. The summed E-state index contributed by atoms with van der Waals surface area (Å²) in [6.45, 7) is 8.40. The van der Waals surface area contributed by atoms with Crippen molar-refractivity contribution in [2.75, 3.05) is 0 Å². The molecule has 2 aliphatic carbocycles. The van der Waals surface area contributed by atoms with Gasteiger partial charge in [-0.05, 0) is 296 Å². The van der Waals surface area contributed by atoms with Crippen LogP contribution in [-0.2, 0) is 9.31 Å². The van der Waals surface area contributed by atoms with Crippen LogP contribution in [0.5, 0.6) is 0 Å². The Balaban J connectivity index is 0.000000125. The second-order valence-corrected chi connectivity index (χ2v) is 34.0. The van der Waals surface area contributed by atoms with E-state index in [1.807, 2.05) is 84.9 Å². The van der Waals surface area contributed by atoms with Gasteiger partial charge in [0, 0.05) is 29.3 Å².